The Labute approximate surface area is 282 Å². The number of unbranched alkanes of at least 4 members (excludes halogenated alkanes) is 1. The van der Waals surface area contributed by atoms with E-state index in [1.54, 1.807) is 13.8 Å². The maximum atomic E-state index is 12.8. The highest BCUT2D eigenvalue weighted by molar-refractivity contribution is 5.76. The molecule has 47 heavy (non-hydrogen) atoms. The van der Waals surface area contributed by atoms with E-state index in [1.165, 1.54) is 6.42 Å². The predicted molar refractivity (Wildman–Crippen MR) is 178 cm³/mol. The Kier molecular flexibility index (Phi) is 8.36. The average molecular weight is 661 g/mol. The van der Waals surface area contributed by atoms with Crippen molar-refractivity contribution in [2.75, 3.05) is 19.7 Å². The minimum absolute atomic E-state index is 0.0482. The zero-order valence-electron chi connectivity index (χ0n) is 30.2. The summed E-state index contributed by atoms with van der Waals surface area (Å²) in [6, 6.07) is 0. The van der Waals surface area contributed by atoms with Crippen LogP contribution in [0.25, 0.3) is 0 Å². The van der Waals surface area contributed by atoms with Crippen LogP contribution in [-0.2, 0) is 19.0 Å². The number of ether oxygens (including phenoxy) is 3. The molecule has 14 atom stereocenters. The molecule has 0 radical (unpaired) electrons. The van der Waals surface area contributed by atoms with E-state index in [1.807, 2.05) is 4.90 Å². The summed E-state index contributed by atoms with van der Waals surface area (Å²) in [5.41, 5.74) is 5.70. The highest BCUT2D eigenvalue weighted by Crippen LogP contribution is 2.87. The lowest BCUT2D eigenvalue weighted by molar-refractivity contribution is -0.245. The summed E-state index contributed by atoms with van der Waals surface area (Å²) < 4.78 is 19.5. The van der Waals surface area contributed by atoms with E-state index >= 15 is 0 Å². The molecule has 5 aliphatic carbocycles. The fourth-order valence-electron chi connectivity index (χ4n) is 13.4. The molecule has 0 bridgehead atoms. The lowest BCUT2D eigenvalue weighted by atomic mass is 9.43. The predicted octanol–water partition coefficient (Wildman–Crippen LogP) is 4.38. The Balaban J connectivity index is 1.09. The van der Waals surface area contributed by atoms with Crippen LogP contribution < -0.4 is 5.73 Å². The van der Waals surface area contributed by atoms with Crippen molar-refractivity contribution in [2.24, 2.45) is 51.1 Å². The van der Waals surface area contributed by atoms with Crippen molar-refractivity contribution in [2.45, 2.75) is 167 Å². The number of morpholine rings is 1. The van der Waals surface area contributed by atoms with Gasteiger partial charge in [-0.05, 0) is 117 Å². The van der Waals surface area contributed by atoms with E-state index in [9.17, 15) is 20.1 Å². The molecule has 0 aromatic rings. The van der Waals surface area contributed by atoms with Gasteiger partial charge in [0.15, 0.2) is 6.29 Å². The van der Waals surface area contributed by atoms with E-state index in [0.717, 1.165) is 51.4 Å². The number of nitrogens with zero attached hydrogens (tertiary/aromatic N) is 1. The molecule has 2 saturated heterocycles. The average Bonchev–Trinajstić information content (AvgIpc) is 3.65. The van der Waals surface area contributed by atoms with E-state index in [4.69, 9.17) is 19.9 Å². The van der Waals surface area contributed by atoms with Crippen LogP contribution >= 0.6 is 0 Å². The summed E-state index contributed by atoms with van der Waals surface area (Å²) in [6.45, 7) is 16.4. The number of aliphatic hydroxyl groups excluding tert-OH is 2. The van der Waals surface area contributed by atoms with Gasteiger partial charge in [-0.3, -0.25) is 4.79 Å². The lowest BCUT2D eigenvalue weighted by Gasteiger charge is -2.63. The molecular formula is C38H64N2O7. The van der Waals surface area contributed by atoms with E-state index < -0.39 is 35.6 Å². The number of rotatable bonds is 7. The standard InChI is InChI=1S/C38H64N2O7/c1-8-9-10-27(41)40-17-18-45-28(20-40)47-26-13-14-36-21-37(36)16-15-35(7)29-22(2)19-23(31(42)34(5,6)44)46-30(29)32(43)38(35,39)25(37)12-11-24(36)33(26,3)4/h22-26,28-32,42-44H,8-21,39H2,1-7H3. The number of fused-ring (bicyclic) bond motifs is 4. The van der Waals surface area contributed by atoms with Crippen LogP contribution in [0.5, 0.6) is 0 Å². The number of carbonyl (C=O) groups is 1. The number of aliphatic hydroxyl groups is 3. The van der Waals surface area contributed by atoms with Gasteiger partial charge in [0.25, 0.3) is 0 Å². The minimum atomic E-state index is -1.29. The van der Waals surface area contributed by atoms with Gasteiger partial charge in [0.1, 0.15) is 6.10 Å². The third kappa shape index (κ3) is 4.75. The Morgan fingerprint density at radius 2 is 1.81 bits per heavy atom. The van der Waals surface area contributed by atoms with Gasteiger partial charge in [-0.25, -0.2) is 0 Å². The van der Waals surface area contributed by atoms with E-state index in [-0.39, 0.29) is 57.7 Å². The van der Waals surface area contributed by atoms with Crippen molar-refractivity contribution in [1.82, 2.24) is 4.90 Å². The van der Waals surface area contributed by atoms with Crippen molar-refractivity contribution < 1.29 is 34.3 Å². The fraction of sp³-hybridized carbons (Fsp3) is 0.974. The van der Waals surface area contributed by atoms with E-state index in [2.05, 4.69) is 34.6 Å². The lowest BCUT2D eigenvalue weighted by Crippen LogP contribution is -2.70. The van der Waals surface area contributed by atoms with Crippen LogP contribution in [0.1, 0.15) is 119 Å². The topological polar surface area (TPSA) is 135 Å². The van der Waals surface area contributed by atoms with Crippen LogP contribution in [-0.4, -0.2) is 93.8 Å². The van der Waals surface area contributed by atoms with Crippen molar-refractivity contribution in [1.29, 1.82) is 0 Å². The number of carbonyl (C=O) groups excluding carboxylic acids is 1. The molecule has 1 amide bonds. The molecule has 2 heterocycles. The molecule has 9 nitrogen and oxygen atoms in total. The maximum absolute atomic E-state index is 12.8. The quantitative estimate of drug-likeness (QED) is 0.316. The molecule has 7 fully saturated rings. The summed E-state index contributed by atoms with van der Waals surface area (Å²) in [5.74, 6) is 1.26. The van der Waals surface area contributed by atoms with Gasteiger partial charge in [-0.15, -0.1) is 0 Å². The number of nitrogens with two attached hydrogens (primary N) is 1. The second-order valence-corrected chi connectivity index (χ2v) is 18.7. The number of hydrogen-bond acceptors (Lipinski definition) is 8. The number of hydrogen-bond donors (Lipinski definition) is 4. The molecular weight excluding hydrogens is 596 g/mol. The Bertz CT molecular complexity index is 1220. The molecule has 0 aromatic heterocycles. The monoisotopic (exact) mass is 660 g/mol. The summed E-state index contributed by atoms with van der Waals surface area (Å²) in [5, 5.41) is 33.9. The smallest absolute Gasteiger partial charge is 0.222 e. The van der Waals surface area contributed by atoms with Crippen LogP contribution in [0.4, 0.5) is 0 Å². The van der Waals surface area contributed by atoms with Crippen molar-refractivity contribution in [3.63, 3.8) is 0 Å². The summed E-state index contributed by atoms with van der Waals surface area (Å²) in [7, 11) is 0. The molecule has 7 aliphatic rings. The van der Waals surface area contributed by atoms with Gasteiger partial charge in [-0.2, -0.15) is 0 Å². The molecule has 7 rings (SSSR count). The summed E-state index contributed by atoms with van der Waals surface area (Å²) in [4.78, 5) is 14.7. The van der Waals surface area contributed by atoms with Gasteiger partial charge in [0, 0.05) is 13.0 Å². The first-order chi connectivity index (χ1) is 22.0. The minimum Gasteiger partial charge on any atom is -0.388 e. The highest BCUT2D eigenvalue weighted by Gasteiger charge is 2.85. The highest BCUT2D eigenvalue weighted by atomic mass is 16.7. The third-order valence-corrected chi connectivity index (χ3v) is 15.8. The second kappa shape index (κ2) is 11.3. The van der Waals surface area contributed by atoms with Gasteiger partial charge in [0.05, 0.1) is 48.7 Å². The van der Waals surface area contributed by atoms with Crippen LogP contribution in [0.2, 0.25) is 0 Å². The van der Waals surface area contributed by atoms with Gasteiger partial charge >= 0.3 is 0 Å². The summed E-state index contributed by atoms with van der Waals surface area (Å²) in [6.07, 6.45) is 7.51. The molecule has 14 unspecified atom stereocenters. The first-order valence-corrected chi connectivity index (χ1v) is 19.1. The third-order valence-electron chi connectivity index (χ3n) is 15.8. The summed E-state index contributed by atoms with van der Waals surface area (Å²) >= 11 is 0. The zero-order valence-corrected chi connectivity index (χ0v) is 30.2. The van der Waals surface area contributed by atoms with Crippen LogP contribution in [0.15, 0.2) is 0 Å². The van der Waals surface area contributed by atoms with Crippen molar-refractivity contribution in [3.05, 3.63) is 0 Å². The first kappa shape index (κ1) is 34.6. The van der Waals surface area contributed by atoms with Crippen LogP contribution in [0, 0.1) is 45.3 Å². The molecule has 268 valence electrons. The van der Waals surface area contributed by atoms with Gasteiger partial charge in [-0.1, -0.05) is 41.0 Å². The molecule has 5 N–H and O–H groups in total. The zero-order chi connectivity index (χ0) is 33.9. The molecule has 5 saturated carbocycles. The van der Waals surface area contributed by atoms with Crippen molar-refractivity contribution in [3.8, 4) is 0 Å². The fourth-order valence-corrected chi connectivity index (χ4v) is 13.4. The van der Waals surface area contributed by atoms with Gasteiger partial charge < -0.3 is 40.2 Å². The molecule has 0 aromatic carbocycles. The van der Waals surface area contributed by atoms with Crippen LogP contribution in [0.3, 0.4) is 0 Å². The maximum Gasteiger partial charge on any atom is 0.222 e. The second-order valence-electron chi connectivity index (χ2n) is 18.7. The van der Waals surface area contributed by atoms with Crippen molar-refractivity contribution >= 4 is 5.91 Å². The van der Waals surface area contributed by atoms with Gasteiger partial charge in [0.2, 0.25) is 5.91 Å². The molecule has 2 spiro atoms. The Morgan fingerprint density at radius 3 is 2.51 bits per heavy atom. The Morgan fingerprint density at radius 1 is 1.11 bits per heavy atom. The number of amides is 1. The SMILES string of the molecule is CCCCC(=O)N1CCOC(OC2CCC34CC35CCC3(C)C6C(C)CC(C(O)C(C)(C)O)OC6C(O)C3(N)C5CCC4C2(C)C)C1. The Hall–Kier alpha value is -0.810. The first-order valence-electron chi connectivity index (χ1n) is 19.1. The largest absolute Gasteiger partial charge is 0.388 e. The normalized spacial score (nSPS) is 50.8. The van der Waals surface area contributed by atoms with E-state index in [0.29, 0.717) is 38.5 Å². The molecule has 2 aliphatic heterocycles. The molecule has 9 heteroatoms.